The average Bonchev–Trinajstić information content (AvgIpc) is 3.12. The van der Waals surface area contributed by atoms with Gasteiger partial charge >= 0.3 is 0 Å². The molecular formula is C16H18N6O. The Morgan fingerprint density at radius 1 is 1.43 bits per heavy atom. The van der Waals surface area contributed by atoms with Gasteiger partial charge in [0.15, 0.2) is 0 Å². The molecule has 23 heavy (non-hydrogen) atoms. The molecule has 0 radical (unpaired) electrons. The summed E-state index contributed by atoms with van der Waals surface area (Å²) in [7, 11) is 0. The van der Waals surface area contributed by atoms with Crippen LogP contribution in [0.3, 0.4) is 0 Å². The number of benzene rings is 1. The van der Waals surface area contributed by atoms with E-state index in [4.69, 9.17) is 5.53 Å². The second-order valence-corrected chi connectivity index (χ2v) is 5.73. The summed E-state index contributed by atoms with van der Waals surface area (Å²) in [5.74, 6) is 1.13. The molecule has 0 spiro atoms. The lowest BCUT2D eigenvalue weighted by Crippen LogP contribution is -2.25. The predicted octanol–water partition coefficient (Wildman–Crippen LogP) is 2.84. The lowest BCUT2D eigenvalue weighted by atomic mass is 10.1. The monoisotopic (exact) mass is 310 g/mol. The highest BCUT2D eigenvalue weighted by Crippen LogP contribution is 2.23. The molecule has 1 aromatic carbocycles. The maximum absolute atomic E-state index is 12.2. The maximum atomic E-state index is 12.2. The third-order valence-electron chi connectivity index (χ3n) is 4.14. The van der Waals surface area contributed by atoms with Crippen molar-refractivity contribution in [1.82, 2.24) is 14.5 Å². The Balaban J connectivity index is 1.80. The first-order valence-corrected chi connectivity index (χ1v) is 7.56. The van der Waals surface area contributed by atoms with Crippen molar-refractivity contribution in [3.63, 3.8) is 0 Å². The van der Waals surface area contributed by atoms with Gasteiger partial charge in [-0.1, -0.05) is 23.3 Å². The topological polar surface area (TPSA) is 86.9 Å². The number of azide groups is 1. The summed E-state index contributed by atoms with van der Waals surface area (Å²) in [6.07, 6.45) is 4.14. The molecule has 0 saturated carbocycles. The van der Waals surface area contributed by atoms with E-state index in [2.05, 4.69) is 15.0 Å². The van der Waals surface area contributed by atoms with Gasteiger partial charge in [-0.2, -0.15) is 0 Å². The van der Waals surface area contributed by atoms with Gasteiger partial charge in [0.25, 0.3) is 0 Å². The van der Waals surface area contributed by atoms with E-state index in [1.54, 1.807) is 6.20 Å². The third kappa shape index (κ3) is 3.19. The molecule has 1 atom stereocenters. The van der Waals surface area contributed by atoms with Crippen molar-refractivity contribution < 1.29 is 4.79 Å². The van der Waals surface area contributed by atoms with Crippen LogP contribution in [0.2, 0.25) is 0 Å². The number of aryl methyl sites for hydroxylation is 1. The number of carbonyl (C=O) groups is 1. The highest BCUT2D eigenvalue weighted by atomic mass is 16.2. The summed E-state index contributed by atoms with van der Waals surface area (Å²) < 4.78 is 2.02. The Bertz CT molecular complexity index is 761. The zero-order valence-electron chi connectivity index (χ0n) is 13.0. The van der Waals surface area contributed by atoms with Crippen LogP contribution in [0.15, 0.2) is 41.8 Å². The van der Waals surface area contributed by atoms with E-state index in [9.17, 15) is 4.79 Å². The van der Waals surface area contributed by atoms with Crippen molar-refractivity contribution in [3.8, 4) is 5.69 Å². The number of imidazole rings is 1. The fraction of sp³-hybridized carbons (Fsp3) is 0.375. The third-order valence-corrected chi connectivity index (χ3v) is 4.14. The molecule has 2 aromatic rings. The van der Waals surface area contributed by atoms with Gasteiger partial charge in [0.05, 0.1) is 5.69 Å². The number of amides is 1. The molecule has 3 rings (SSSR count). The number of likely N-dealkylation sites (tertiary alicyclic amines) is 1. The van der Waals surface area contributed by atoms with Crippen LogP contribution in [0, 0.1) is 12.8 Å². The molecule has 2 heterocycles. The molecule has 0 N–H and O–H groups in total. The Hall–Kier alpha value is -2.79. The van der Waals surface area contributed by atoms with E-state index < -0.39 is 0 Å². The van der Waals surface area contributed by atoms with Crippen molar-refractivity contribution in [2.24, 2.45) is 11.0 Å². The van der Waals surface area contributed by atoms with Gasteiger partial charge in [-0.25, -0.2) is 4.98 Å². The quantitative estimate of drug-likeness (QED) is 0.483. The Morgan fingerprint density at radius 2 is 2.26 bits per heavy atom. The predicted molar refractivity (Wildman–Crippen MR) is 85.8 cm³/mol. The van der Waals surface area contributed by atoms with Crippen molar-refractivity contribution in [2.45, 2.75) is 19.9 Å². The average molecular weight is 310 g/mol. The van der Waals surface area contributed by atoms with E-state index in [0.717, 1.165) is 17.1 Å². The summed E-state index contributed by atoms with van der Waals surface area (Å²) in [5, 5.41) is 3.59. The van der Waals surface area contributed by atoms with Crippen LogP contribution in [0.5, 0.6) is 0 Å². The van der Waals surface area contributed by atoms with Gasteiger partial charge in [0, 0.05) is 43.4 Å². The van der Waals surface area contributed by atoms with Crippen LogP contribution in [0.25, 0.3) is 16.1 Å². The van der Waals surface area contributed by atoms with Crippen LogP contribution in [0.4, 0.5) is 0 Å². The molecule has 1 fully saturated rings. The van der Waals surface area contributed by atoms with Crippen molar-refractivity contribution in [2.75, 3.05) is 13.1 Å². The smallest absolute Gasteiger partial charge is 0.223 e. The van der Waals surface area contributed by atoms with Crippen LogP contribution < -0.4 is 0 Å². The lowest BCUT2D eigenvalue weighted by molar-refractivity contribution is -0.128. The second-order valence-electron chi connectivity index (χ2n) is 5.73. The van der Waals surface area contributed by atoms with Crippen molar-refractivity contribution in [3.05, 3.63) is 58.5 Å². The standard InChI is InChI=1S/C16H18N6O/c1-12-18-6-7-22(12)15-5-3-2-4-14(15)11-21-10-13(8-16(21)23)9-19-20-17/h2-7,13H,8-11H2,1H3. The minimum atomic E-state index is 0.111. The summed E-state index contributed by atoms with van der Waals surface area (Å²) >= 11 is 0. The molecule has 1 saturated heterocycles. The van der Waals surface area contributed by atoms with Crippen LogP contribution in [0.1, 0.15) is 17.8 Å². The number of hydrogen-bond acceptors (Lipinski definition) is 3. The molecule has 1 amide bonds. The first kappa shape index (κ1) is 15.1. The minimum absolute atomic E-state index is 0.111. The molecule has 7 nitrogen and oxygen atoms in total. The Kier molecular flexibility index (Phi) is 4.30. The molecule has 1 aliphatic rings. The molecule has 0 bridgehead atoms. The van der Waals surface area contributed by atoms with Gasteiger partial charge < -0.3 is 9.47 Å². The number of rotatable bonds is 5. The fourth-order valence-electron chi connectivity index (χ4n) is 3.00. The maximum Gasteiger partial charge on any atom is 0.223 e. The number of aromatic nitrogens is 2. The number of carbonyl (C=O) groups excluding carboxylic acids is 1. The van der Waals surface area contributed by atoms with E-state index in [0.29, 0.717) is 26.1 Å². The highest BCUT2D eigenvalue weighted by molar-refractivity contribution is 5.78. The number of para-hydroxylation sites is 1. The summed E-state index contributed by atoms with van der Waals surface area (Å²) in [5.41, 5.74) is 10.5. The van der Waals surface area contributed by atoms with Crippen molar-refractivity contribution in [1.29, 1.82) is 0 Å². The van der Waals surface area contributed by atoms with Crippen LogP contribution in [-0.2, 0) is 11.3 Å². The highest BCUT2D eigenvalue weighted by Gasteiger charge is 2.29. The van der Waals surface area contributed by atoms with E-state index in [1.807, 2.05) is 46.9 Å². The van der Waals surface area contributed by atoms with Gasteiger partial charge in [0.2, 0.25) is 5.91 Å². The number of nitrogens with zero attached hydrogens (tertiary/aromatic N) is 6. The molecular weight excluding hydrogens is 292 g/mol. The Labute approximate surface area is 134 Å². The normalized spacial score (nSPS) is 17.3. The lowest BCUT2D eigenvalue weighted by Gasteiger charge is -2.19. The van der Waals surface area contributed by atoms with E-state index >= 15 is 0 Å². The van der Waals surface area contributed by atoms with Crippen molar-refractivity contribution >= 4 is 5.91 Å². The van der Waals surface area contributed by atoms with E-state index in [1.165, 1.54) is 0 Å². The molecule has 1 aliphatic heterocycles. The molecule has 1 unspecified atom stereocenters. The SMILES string of the molecule is Cc1nccn1-c1ccccc1CN1CC(CN=[N+]=[N-])CC1=O. The largest absolute Gasteiger partial charge is 0.338 e. The minimum Gasteiger partial charge on any atom is -0.338 e. The Morgan fingerprint density at radius 3 is 3.00 bits per heavy atom. The van der Waals surface area contributed by atoms with Gasteiger partial charge in [-0.05, 0) is 30.0 Å². The molecule has 1 aromatic heterocycles. The first-order chi connectivity index (χ1) is 11.2. The van der Waals surface area contributed by atoms with Crippen LogP contribution >= 0.6 is 0 Å². The molecule has 0 aliphatic carbocycles. The van der Waals surface area contributed by atoms with Gasteiger partial charge in [0.1, 0.15) is 5.82 Å². The second kappa shape index (κ2) is 6.54. The van der Waals surface area contributed by atoms with Crippen LogP contribution in [-0.4, -0.2) is 33.4 Å². The molecule has 7 heteroatoms. The summed E-state index contributed by atoms with van der Waals surface area (Å²) in [6, 6.07) is 8.02. The summed E-state index contributed by atoms with van der Waals surface area (Å²) in [6.45, 7) is 3.52. The van der Waals surface area contributed by atoms with Gasteiger partial charge in [-0.15, -0.1) is 0 Å². The van der Waals surface area contributed by atoms with E-state index in [-0.39, 0.29) is 11.8 Å². The zero-order chi connectivity index (χ0) is 16.2. The van der Waals surface area contributed by atoms with Gasteiger partial charge in [-0.3, -0.25) is 4.79 Å². The summed E-state index contributed by atoms with van der Waals surface area (Å²) in [4.78, 5) is 21.1. The molecule has 118 valence electrons. The number of hydrogen-bond donors (Lipinski definition) is 0. The fourth-order valence-corrected chi connectivity index (χ4v) is 3.00. The first-order valence-electron chi connectivity index (χ1n) is 7.56. The zero-order valence-corrected chi connectivity index (χ0v) is 13.0.